The van der Waals surface area contributed by atoms with Crippen LogP contribution in [-0.4, -0.2) is 29.8 Å². The van der Waals surface area contributed by atoms with E-state index in [1.54, 1.807) is 36.9 Å². The van der Waals surface area contributed by atoms with Gasteiger partial charge in [-0.2, -0.15) is 5.10 Å². The number of nitrogens with zero attached hydrogens (tertiary/aromatic N) is 3. The smallest absolute Gasteiger partial charge is 0.265 e. The van der Waals surface area contributed by atoms with Crippen LogP contribution in [0.3, 0.4) is 0 Å². The molecule has 3 rings (SSSR count). The quantitative estimate of drug-likeness (QED) is 0.679. The van der Waals surface area contributed by atoms with Gasteiger partial charge < -0.3 is 4.74 Å². The number of anilines is 1. The molecule has 0 aliphatic heterocycles. The van der Waals surface area contributed by atoms with Gasteiger partial charge in [-0.15, -0.1) is 0 Å². The number of benzene rings is 1. The summed E-state index contributed by atoms with van der Waals surface area (Å²) in [7, 11) is -2.04. The van der Waals surface area contributed by atoms with Gasteiger partial charge in [-0.1, -0.05) is 15.9 Å². The second-order valence-corrected chi connectivity index (χ2v) is 8.00. The molecule has 0 radical (unpaired) electrons. The van der Waals surface area contributed by atoms with Crippen molar-refractivity contribution in [1.82, 2.24) is 14.8 Å². The molecule has 132 valence electrons. The van der Waals surface area contributed by atoms with Crippen LogP contribution in [-0.2, 0) is 17.1 Å². The lowest BCUT2D eigenvalue weighted by Gasteiger charge is -2.13. The number of fused-ring (bicyclic) bond motifs is 1. The summed E-state index contributed by atoms with van der Waals surface area (Å²) in [6.07, 6.45) is 1.47. The molecule has 25 heavy (non-hydrogen) atoms. The molecule has 0 atom stereocenters. The average molecular weight is 425 g/mol. The number of hydrogen-bond acceptors (Lipinski definition) is 5. The molecule has 1 aromatic carbocycles. The number of aromatic nitrogens is 3. The number of halogens is 1. The Morgan fingerprint density at radius 1 is 1.32 bits per heavy atom. The highest BCUT2D eigenvalue weighted by molar-refractivity contribution is 9.10. The molecule has 0 spiro atoms. The third-order valence-electron chi connectivity index (χ3n) is 3.61. The van der Waals surface area contributed by atoms with Crippen molar-refractivity contribution >= 4 is 42.7 Å². The van der Waals surface area contributed by atoms with Gasteiger partial charge in [-0.25, -0.2) is 13.4 Å². The zero-order valence-corrected chi connectivity index (χ0v) is 16.3. The molecule has 7 nitrogen and oxygen atoms in total. The third-order valence-corrected chi connectivity index (χ3v) is 5.51. The van der Waals surface area contributed by atoms with Gasteiger partial charge in [0.2, 0.25) is 0 Å². The van der Waals surface area contributed by atoms with Crippen molar-refractivity contribution in [2.24, 2.45) is 7.05 Å². The fourth-order valence-electron chi connectivity index (χ4n) is 2.54. The van der Waals surface area contributed by atoms with Gasteiger partial charge in [0.05, 0.1) is 24.2 Å². The van der Waals surface area contributed by atoms with Crippen LogP contribution in [0.2, 0.25) is 0 Å². The van der Waals surface area contributed by atoms with Crippen molar-refractivity contribution < 1.29 is 13.2 Å². The highest BCUT2D eigenvalue weighted by Crippen LogP contribution is 2.30. The van der Waals surface area contributed by atoms with Crippen molar-refractivity contribution in [3.8, 4) is 5.75 Å². The first-order valence-corrected chi connectivity index (χ1v) is 9.84. The predicted octanol–water partition coefficient (Wildman–Crippen LogP) is 3.24. The second kappa shape index (κ2) is 6.64. The zero-order chi connectivity index (χ0) is 18.2. The molecule has 0 fully saturated rings. The molecule has 2 heterocycles. The SMILES string of the molecule is CCOc1ccc(Br)cc1S(=O)(=O)Nc1cnc2c(c1)c(C)nn2C. The molecule has 3 aromatic rings. The lowest BCUT2D eigenvalue weighted by molar-refractivity contribution is 0.331. The van der Waals surface area contributed by atoms with Gasteiger partial charge in [0.1, 0.15) is 10.6 Å². The second-order valence-electron chi connectivity index (χ2n) is 5.43. The minimum Gasteiger partial charge on any atom is -0.492 e. The van der Waals surface area contributed by atoms with Crippen molar-refractivity contribution in [1.29, 1.82) is 0 Å². The molecule has 0 amide bonds. The van der Waals surface area contributed by atoms with Crippen LogP contribution in [0.1, 0.15) is 12.6 Å². The van der Waals surface area contributed by atoms with E-state index in [2.05, 4.69) is 30.7 Å². The normalized spacial score (nSPS) is 11.7. The molecule has 1 N–H and O–H groups in total. The first-order valence-electron chi connectivity index (χ1n) is 7.56. The molecule has 9 heteroatoms. The first-order chi connectivity index (χ1) is 11.8. The Morgan fingerprint density at radius 2 is 2.08 bits per heavy atom. The van der Waals surface area contributed by atoms with Gasteiger partial charge in [0.15, 0.2) is 5.65 Å². The van der Waals surface area contributed by atoms with Gasteiger partial charge in [0, 0.05) is 16.9 Å². The summed E-state index contributed by atoms with van der Waals surface area (Å²) in [5.74, 6) is 0.296. The van der Waals surface area contributed by atoms with Crippen LogP contribution in [0.4, 0.5) is 5.69 Å². The Morgan fingerprint density at radius 3 is 2.80 bits per heavy atom. The molecule has 0 bridgehead atoms. The van der Waals surface area contributed by atoms with E-state index >= 15 is 0 Å². The van der Waals surface area contributed by atoms with Crippen LogP contribution in [0.5, 0.6) is 5.75 Å². The maximum Gasteiger partial charge on any atom is 0.265 e. The van der Waals surface area contributed by atoms with E-state index in [0.29, 0.717) is 28.2 Å². The number of nitrogens with one attached hydrogen (secondary N) is 1. The van der Waals surface area contributed by atoms with E-state index in [9.17, 15) is 8.42 Å². The number of ether oxygens (including phenoxy) is 1. The molecular weight excluding hydrogens is 408 g/mol. The standard InChI is InChI=1S/C16H17BrN4O3S/c1-4-24-14-6-5-11(17)7-15(14)25(22,23)20-12-8-13-10(2)19-21(3)16(13)18-9-12/h5-9,20H,4H2,1-3H3. The molecular formula is C16H17BrN4O3S. The van der Waals surface area contributed by atoms with Gasteiger partial charge in [0.25, 0.3) is 10.0 Å². The summed E-state index contributed by atoms with van der Waals surface area (Å²) in [4.78, 5) is 4.35. The fraction of sp³-hybridized carbons (Fsp3) is 0.250. The van der Waals surface area contributed by atoms with Crippen molar-refractivity contribution in [3.63, 3.8) is 0 Å². The number of pyridine rings is 1. The Labute approximate surface area is 154 Å². The van der Waals surface area contributed by atoms with Gasteiger partial charge in [-0.3, -0.25) is 9.40 Å². The number of hydrogen-bond donors (Lipinski definition) is 1. The predicted molar refractivity (Wildman–Crippen MR) is 99.4 cm³/mol. The molecule has 0 aliphatic rings. The third kappa shape index (κ3) is 3.47. The van der Waals surface area contributed by atoms with E-state index in [1.165, 1.54) is 12.3 Å². The van der Waals surface area contributed by atoms with Crippen LogP contribution in [0.25, 0.3) is 11.0 Å². The number of rotatable bonds is 5. The Bertz CT molecular complexity index is 1050. The van der Waals surface area contributed by atoms with Crippen LogP contribution >= 0.6 is 15.9 Å². The van der Waals surface area contributed by atoms with Crippen LogP contribution < -0.4 is 9.46 Å². The summed E-state index contributed by atoms with van der Waals surface area (Å²) in [6.45, 7) is 4.02. The zero-order valence-electron chi connectivity index (χ0n) is 13.9. The van der Waals surface area contributed by atoms with E-state index in [0.717, 1.165) is 11.1 Å². The highest BCUT2D eigenvalue weighted by atomic mass is 79.9. The summed E-state index contributed by atoms with van der Waals surface area (Å²) in [6, 6.07) is 6.58. The monoisotopic (exact) mass is 424 g/mol. The highest BCUT2D eigenvalue weighted by Gasteiger charge is 2.21. The Kier molecular flexibility index (Phi) is 4.70. The van der Waals surface area contributed by atoms with Crippen molar-refractivity contribution in [2.75, 3.05) is 11.3 Å². The Balaban J connectivity index is 2.02. The van der Waals surface area contributed by atoms with E-state index < -0.39 is 10.0 Å². The minimum atomic E-state index is -3.84. The molecule has 2 aromatic heterocycles. The topological polar surface area (TPSA) is 86.1 Å². The van der Waals surface area contributed by atoms with Crippen LogP contribution in [0, 0.1) is 6.92 Å². The maximum atomic E-state index is 12.8. The molecule has 0 saturated heterocycles. The van der Waals surface area contributed by atoms with E-state index in [1.807, 2.05) is 6.92 Å². The minimum absolute atomic E-state index is 0.0618. The van der Waals surface area contributed by atoms with Gasteiger partial charge >= 0.3 is 0 Å². The van der Waals surface area contributed by atoms with E-state index in [-0.39, 0.29) is 4.90 Å². The number of sulfonamides is 1. The summed E-state index contributed by atoms with van der Waals surface area (Å²) >= 11 is 3.30. The van der Waals surface area contributed by atoms with Crippen LogP contribution in [0.15, 0.2) is 39.8 Å². The van der Waals surface area contributed by atoms with Gasteiger partial charge in [-0.05, 0) is 38.1 Å². The fourth-order valence-corrected chi connectivity index (χ4v) is 4.26. The average Bonchev–Trinajstić information content (AvgIpc) is 2.83. The molecule has 0 saturated carbocycles. The maximum absolute atomic E-state index is 12.8. The first kappa shape index (κ1) is 17.7. The number of aryl methyl sites for hydroxylation is 2. The largest absolute Gasteiger partial charge is 0.492 e. The lowest BCUT2D eigenvalue weighted by atomic mass is 10.3. The summed E-state index contributed by atoms with van der Waals surface area (Å²) < 4.78 is 35.9. The van der Waals surface area contributed by atoms with Crippen molar-refractivity contribution in [3.05, 3.63) is 40.6 Å². The molecule has 0 unspecified atom stereocenters. The molecule has 0 aliphatic carbocycles. The van der Waals surface area contributed by atoms with Crippen molar-refractivity contribution in [2.45, 2.75) is 18.7 Å². The summed E-state index contributed by atoms with van der Waals surface area (Å²) in [5, 5.41) is 5.08. The summed E-state index contributed by atoms with van der Waals surface area (Å²) in [5.41, 5.74) is 1.84. The Hall–Kier alpha value is -2.13. The lowest BCUT2D eigenvalue weighted by Crippen LogP contribution is -2.14. The van der Waals surface area contributed by atoms with E-state index in [4.69, 9.17) is 4.74 Å².